The third-order valence-corrected chi connectivity index (χ3v) is 5.77. The zero-order valence-corrected chi connectivity index (χ0v) is 17.2. The van der Waals surface area contributed by atoms with Crippen molar-refractivity contribution in [3.63, 3.8) is 0 Å². The normalized spacial score (nSPS) is 11.6. The van der Waals surface area contributed by atoms with Gasteiger partial charge in [-0.05, 0) is 6.07 Å². The highest BCUT2D eigenvalue weighted by Crippen LogP contribution is 2.38. The fourth-order valence-corrected chi connectivity index (χ4v) is 4.10. The summed E-state index contributed by atoms with van der Waals surface area (Å²) < 4.78 is 51.8. The summed E-state index contributed by atoms with van der Waals surface area (Å²) in [6.07, 6.45) is -3.13. The number of hydrogen-bond donors (Lipinski definition) is 2. The lowest BCUT2D eigenvalue weighted by Gasteiger charge is -2.13. The summed E-state index contributed by atoms with van der Waals surface area (Å²) in [6.45, 7) is -0.463. The molecule has 32 heavy (non-hydrogen) atoms. The van der Waals surface area contributed by atoms with Crippen molar-refractivity contribution in [1.82, 2.24) is 9.55 Å². The largest absolute Gasteiger partial charge is 0.504 e. The van der Waals surface area contributed by atoms with Crippen LogP contribution in [0.1, 0.15) is 20.8 Å². The first-order chi connectivity index (χ1) is 15.2. The van der Waals surface area contributed by atoms with Crippen LogP contribution in [0.4, 0.5) is 13.2 Å². The Bertz CT molecular complexity index is 1310. The second-order valence-corrected chi connectivity index (χ2v) is 7.68. The summed E-state index contributed by atoms with van der Waals surface area (Å²) in [5.74, 6) is -1.26. The van der Waals surface area contributed by atoms with E-state index in [1.165, 1.54) is 49.8 Å². The number of hydrogen-bond acceptors (Lipinski definition) is 6. The van der Waals surface area contributed by atoms with E-state index >= 15 is 0 Å². The van der Waals surface area contributed by atoms with Gasteiger partial charge in [0.15, 0.2) is 16.4 Å². The van der Waals surface area contributed by atoms with Gasteiger partial charge in [-0.2, -0.15) is 13.2 Å². The van der Waals surface area contributed by atoms with Gasteiger partial charge in [-0.3, -0.25) is 4.57 Å². The van der Waals surface area contributed by atoms with Gasteiger partial charge in [-0.15, -0.1) is 11.3 Å². The monoisotopic (exact) mass is 464 g/mol. The molecule has 0 saturated carbocycles. The Balaban J connectivity index is 1.70. The summed E-state index contributed by atoms with van der Waals surface area (Å²) >= 11 is 0.864. The first-order valence-corrected chi connectivity index (χ1v) is 9.90. The van der Waals surface area contributed by atoms with Crippen LogP contribution in [0.3, 0.4) is 0 Å². The van der Waals surface area contributed by atoms with Crippen LogP contribution in [0.5, 0.6) is 17.2 Å². The van der Waals surface area contributed by atoms with Crippen LogP contribution in [0.15, 0.2) is 48.8 Å². The number of benzene rings is 2. The molecule has 166 valence electrons. The molecule has 0 atom stereocenters. The number of halogens is 3. The molecular weight excluding hydrogens is 449 g/mol. The molecule has 0 amide bonds. The highest BCUT2D eigenvalue weighted by Gasteiger charge is 2.33. The van der Waals surface area contributed by atoms with Gasteiger partial charge in [0, 0.05) is 23.8 Å². The van der Waals surface area contributed by atoms with Gasteiger partial charge in [0.2, 0.25) is 0 Å². The Morgan fingerprint density at radius 1 is 1.19 bits per heavy atom. The van der Waals surface area contributed by atoms with Crippen molar-refractivity contribution in [1.29, 1.82) is 0 Å². The number of rotatable bonds is 6. The predicted octanol–water partition coefficient (Wildman–Crippen LogP) is 5.10. The summed E-state index contributed by atoms with van der Waals surface area (Å²) in [7, 11) is 1.40. The lowest BCUT2D eigenvalue weighted by atomic mass is 10.1. The summed E-state index contributed by atoms with van der Waals surface area (Å²) in [5, 5.41) is 20.0. The molecule has 2 aromatic heterocycles. The quantitative estimate of drug-likeness (QED) is 0.413. The number of imidazole rings is 1. The van der Waals surface area contributed by atoms with Crippen molar-refractivity contribution in [2.75, 3.05) is 7.11 Å². The molecule has 4 rings (SSSR count). The Kier molecular flexibility index (Phi) is 5.43. The van der Waals surface area contributed by atoms with Gasteiger partial charge in [0.05, 0.1) is 23.7 Å². The lowest BCUT2D eigenvalue weighted by molar-refractivity contribution is -0.138. The first-order valence-electron chi connectivity index (χ1n) is 9.08. The molecule has 7 nitrogen and oxygen atoms in total. The SMILES string of the molecule is COc1cc2ncn(-c3cc(OCc4ccccc4C(F)(F)F)c(C(=O)O)s3)c2cc1O. The highest BCUT2D eigenvalue weighted by atomic mass is 32.1. The molecular formula is C21H15F3N2O5S. The maximum Gasteiger partial charge on any atom is 0.416 e. The maximum atomic E-state index is 13.2. The maximum absolute atomic E-state index is 13.2. The second-order valence-electron chi connectivity index (χ2n) is 6.65. The van der Waals surface area contributed by atoms with E-state index in [1.54, 1.807) is 4.57 Å². The molecule has 11 heteroatoms. The number of aromatic carboxylic acids is 1. The van der Waals surface area contributed by atoms with E-state index in [1.807, 2.05) is 0 Å². The summed E-state index contributed by atoms with van der Waals surface area (Å²) in [6, 6.07) is 9.28. The zero-order chi connectivity index (χ0) is 23.0. The molecule has 0 aliphatic carbocycles. The number of alkyl halides is 3. The molecule has 2 heterocycles. The fourth-order valence-electron chi connectivity index (χ4n) is 3.18. The molecule has 0 saturated heterocycles. The Labute approximate surface area is 182 Å². The van der Waals surface area contributed by atoms with Crippen LogP contribution in [0.25, 0.3) is 16.0 Å². The van der Waals surface area contributed by atoms with Crippen LogP contribution in [0, 0.1) is 0 Å². The minimum atomic E-state index is -4.56. The molecule has 0 aliphatic heterocycles. The standard InChI is InChI=1S/C21H15F3N2O5S/c1-30-16-6-13-14(7-15(16)27)26(10-25-13)18-8-17(19(32-18)20(28)29)31-9-11-4-2-3-5-12(11)21(22,23)24/h2-8,10,27H,9H2,1H3,(H,28,29). The average Bonchev–Trinajstić information content (AvgIpc) is 3.34. The number of ether oxygens (including phenoxy) is 2. The summed E-state index contributed by atoms with van der Waals surface area (Å²) in [5.41, 5.74) is 0.00787. The highest BCUT2D eigenvalue weighted by molar-refractivity contribution is 7.16. The lowest BCUT2D eigenvalue weighted by Crippen LogP contribution is -2.11. The smallest absolute Gasteiger partial charge is 0.416 e. The van der Waals surface area contributed by atoms with E-state index in [-0.39, 0.29) is 27.7 Å². The van der Waals surface area contributed by atoms with E-state index in [2.05, 4.69) is 4.98 Å². The molecule has 0 radical (unpaired) electrons. The van der Waals surface area contributed by atoms with Gasteiger partial charge in [0.25, 0.3) is 0 Å². The number of carboxylic acids is 1. The number of methoxy groups -OCH3 is 1. The van der Waals surface area contributed by atoms with Crippen molar-refractivity contribution in [3.05, 3.63) is 64.8 Å². The number of nitrogens with zero attached hydrogens (tertiary/aromatic N) is 2. The minimum absolute atomic E-state index is 0.0749. The minimum Gasteiger partial charge on any atom is -0.504 e. The first kappa shape index (κ1) is 21.5. The average molecular weight is 464 g/mol. The van der Waals surface area contributed by atoms with Crippen molar-refractivity contribution >= 4 is 28.3 Å². The third-order valence-electron chi connectivity index (χ3n) is 4.67. The van der Waals surface area contributed by atoms with Gasteiger partial charge < -0.3 is 19.7 Å². The molecule has 2 aromatic carbocycles. The molecule has 0 fully saturated rings. The predicted molar refractivity (Wildman–Crippen MR) is 110 cm³/mol. The Morgan fingerprint density at radius 3 is 2.62 bits per heavy atom. The molecule has 0 unspecified atom stereocenters. The molecule has 0 spiro atoms. The van der Waals surface area contributed by atoms with E-state index in [0.717, 1.165) is 17.4 Å². The van der Waals surface area contributed by atoms with Gasteiger partial charge in [-0.1, -0.05) is 18.2 Å². The van der Waals surface area contributed by atoms with Crippen molar-refractivity contribution in [3.8, 4) is 22.2 Å². The number of carboxylic acid groups (broad SMARTS) is 1. The van der Waals surface area contributed by atoms with Gasteiger partial charge in [-0.25, -0.2) is 9.78 Å². The number of phenolic OH excluding ortho intramolecular Hbond substituents is 1. The van der Waals surface area contributed by atoms with Gasteiger partial charge >= 0.3 is 12.1 Å². The molecule has 0 aliphatic rings. The van der Waals surface area contributed by atoms with Crippen molar-refractivity contribution in [2.45, 2.75) is 12.8 Å². The zero-order valence-electron chi connectivity index (χ0n) is 16.4. The third kappa shape index (κ3) is 3.94. The molecule has 0 bridgehead atoms. The van der Waals surface area contributed by atoms with Crippen molar-refractivity contribution < 1.29 is 37.7 Å². The second kappa shape index (κ2) is 8.08. The van der Waals surface area contributed by atoms with Crippen molar-refractivity contribution in [2.24, 2.45) is 0 Å². The molecule has 4 aromatic rings. The van der Waals surface area contributed by atoms with Crippen LogP contribution >= 0.6 is 11.3 Å². The summed E-state index contributed by atoms with van der Waals surface area (Å²) in [4.78, 5) is 15.8. The number of thiophene rings is 1. The fraction of sp³-hybridized carbons (Fsp3) is 0.143. The van der Waals surface area contributed by atoms with Gasteiger partial charge in [0.1, 0.15) is 23.7 Å². The Morgan fingerprint density at radius 2 is 1.94 bits per heavy atom. The molecule has 2 N–H and O–H groups in total. The van der Waals surface area contributed by atoms with E-state index in [4.69, 9.17) is 9.47 Å². The number of phenols is 1. The van der Waals surface area contributed by atoms with Crippen LogP contribution < -0.4 is 9.47 Å². The number of fused-ring (bicyclic) bond motifs is 1. The topological polar surface area (TPSA) is 93.8 Å². The number of carbonyl (C=O) groups is 1. The number of aromatic nitrogens is 2. The Hall–Kier alpha value is -3.73. The van der Waals surface area contributed by atoms with E-state index in [9.17, 15) is 28.2 Å². The van der Waals surface area contributed by atoms with E-state index < -0.39 is 24.3 Å². The van der Waals surface area contributed by atoms with E-state index in [0.29, 0.717) is 16.0 Å². The van der Waals surface area contributed by atoms with Crippen LogP contribution in [0.2, 0.25) is 0 Å². The van der Waals surface area contributed by atoms with Crippen LogP contribution in [-0.2, 0) is 12.8 Å². The van der Waals surface area contributed by atoms with Crippen LogP contribution in [-0.4, -0.2) is 32.8 Å². The number of aromatic hydroxyl groups is 1.